The molecule has 0 radical (unpaired) electrons. The summed E-state index contributed by atoms with van der Waals surface area (Å²) >= 11 is 1.81. The standard InChI is InChI=1S/C11H17N3O2S/c1-8(2)6-17-7-9-3-4-11(14(15)16)10(5-9)13-12/h3-5,8,13H,6-7,12H2,1-2H3. The van der Waals surface area contributed by atoms with Gasteiger partial charge >= 0.3 is 0 Å². The van der Waals surface area contributed by atoms with Crippen LogP contribution in [0.2, 0.25) is 0 Å². The number of nitrogens with one attached hydrogen (secondary N) is 1. The fourth-order valence-electron chi connectivity index (χ4n) is 1.36. The van der Waals surface area contributed by atoms with Crippen molar-refractivity contribution in [3.05, 3.63) is 33.9 Å². The molecule has 0 unspecified atom stereocenters. The molecule has 1 aromatic carbocycles. The van der Waals surface area contributed by atoms with Crippen LogP contribution in [0.4, 0.5) is 11.4 Å². The zero-order valence-corrected chi connectivity index (χ0v) is 10.8. The van der Waals surface area contributed by atoms with Crippen molar-refractivity contribution in [1.29, 1.82) is 0 Å². The van der Waals surface area contributed by atoms with Crippen molar-refractivity contribution in [3.63, 3.8) is 0 Å². The summed E-state index contributed by atoms with van der Waals surface area (Å²) in [7, 11) is 0. The van der Waals surface area contributed by atoms with E-state index in [1.165, 1.54) is 6.07 Å². The summed E-state index contributed by atoms with van der Waals surface area (Å²) < 4.78 is 0. The smallest absolute Gasteiger partial charge is 0.293 e. The van der Waals surface area contributed by atoms with Gasteiger partial charge < -0.3 is 5.43 Å². The predicted octanol–water partition coefficient (Wildman–Crippen LogP) is 2.77. The van der Waals surface area contributed by atoms with Crippen LogP contribution < -0.4 is 11.3 Å². The second-order valence-electron chi connectivity index (χ2n) is 4.16. The van der Waals surface area contributed by atoms with E-state index in [-0.39, 0.29) is 5.69 Å². The molecule has 0 spiro atoms. The molecule has 94 valence electrons. The lowest BCUT2D eigenvalue weighted by molar-refractivity contribution is -0.384. The Hall–Kier alpha value is -1.27. The van der Waals surface area contributed by atoms with Crippen LogP contribution >= 0.6 is 11.8 Å². The zero-order valence-electron chi connectivity index (χ0n) is 9.97. The number of hydrogen-bond donors (Lipinski definition) is 2. The summed E-state index contributed by atoms with van der Waals surface area (Å²) in [5, 5.41) is 10.7. The molecule has 0 fully saturated rings. The fourth-order valence-corrected chi connectivity index (χ4v) is 2.36. The van der Waals surface area contributed by atoms with Crippen LogP contribution in [0, 0.1) is 16.0 Å². The number of nitrogens with two attached hydrogens (primary N) is 1. The van der Waals surface area contributed by atoms with Crippen LogP contribution in [0.25, 0.3) is 0 Å². The van der Waals surface area contributed by atoms with Gasteiger partial charge in [-0.1, -0.05) is 19.9 Å². The first-order chi connectivity index (χ1) is 8.04. The van der Waals surface area contributed by atoms with E-state index in [4.69, 9.17) is 5.84 Å². The molecule has 6 heteroatoms. The Morgan fingerprint density at radius 1 is 1.53 bits per heavy atom. The highest BCUT2D eigenvalue weighted by Gasteiger charge is 2.12. The van der Waals surface area contributed by atoms with Gasteiger partial charge in [-0.3, -0.25) is 16.0 Å². The first-order valence-electron chi connectivity index (χ1n) is 5.36. The number of nitrogens with zero attached hydrogens (tertiary/aromatic N) is 1. The van der Waals surface area contributed by atoms with Gasteiger partial charge in [0.1, 0.15) is 5.69 Å². The van der Waals surface area contributed by atoms with Crippen molar-refractivity contribution in [3.8, 4) is 0 Å². The average molecular weight is 255 g/mol. The van der Waals surface area contributed by atoms with E-state index in [2.05, 4.69) is 19.3 Å². The summed E-state index contributed by atoms with van der Waals surface area (Å²) in [5.41, 5.74) is 3.77. The molecular formula is C11H17N3O2S. The Labute approximate surface area is 105 Å². The van der Waals surface area contributed by atoms with Crippen LogP contribution in [-0.2, 0) is 5.75 Å². The summed E-state index contributed by atoms with van der Waals surface area (Å²) in [6, 6.07) is 4.98. The van der Waals surface area contributed by atoms with Crippen molar-refractivity contribution in [2.24, 2.45) is 11.8 Å². The van der Waals surface area contributed by atoms with E-state index in [0.717, 1.165) is 17.1 Å². The van der Waals surface area contributed by atoms with E-state index in [9.17, 15) is 10.1 Å². The highest BCUT2D eigenvalue weighted by atomic mass is 32.2. The van der Waals surface area contributed by atoms with E-state index >= 15 is 0 Å². The number of rotatable bonds is 6. The lowest BCUT2D eigenvalue weighted by Gasteiger charge is -2.07. The first-order valence-corrected chi connectivity index (χ1v) is 6.51. The number of benzene rings is 1. The van der Waals surface area contributed by atoms with Crippen molar-refractivity contribution in [2.75, 3.05) is 11.2 Å². The summed E-state index contributed by atoms with van der Waals surface area (Å²) in [6.07, 6.45) is 0. The Balaban J connectivity index is 2.72. The van der Waals surface area contributed by atoms with E-state index in [1.807, 2.05) is 11.8 Å². The lowest BCUT2D eigenvalue weighted by atomic mass is 10.2. The minimum absolute atomic E-state index is 0.00473. The number of hydrogen-bond acceptors (Lipinski definition) is 5. The molecule has 3 N–H and O–H groups in total. The van der Waals surface area contributed by atoms with Crippen LogP contribution in [0.15, 0.2) is 18.2 Å². The molecule has 0 atom stereocenters. The maximum Gasteiger partial charge on any atom is 0.293 e. The van der Waals surface area contributed by atoms with Gasteiger partial charge in [-0.05, 0) is 23.3 Å². The Morgan fingerprint density at radius 2 is 2.24 bits per heavy atom. The van der Waals surface area contributed by atoms with E-state index < -0.39 is 4.92 Å². The molecular weight excluding hydrogens is 238 g/mol. The van der Waals surface area contributed by atoms with Crippen molar-refractivity contribution in [2.45, 2.75) is 19.6 Å². The van der Waals surface area contributed by atoms with Crippen molar-refractivity contribution >= 4 is 23.1 Å². The zero-order chi connectivity index (χ0) is 12.8. The molecule has 0 aromatic heterocycles. The van der Waals surface area contributed by atoms with Gasteiger partial charge in [0.05, 0.1) is 4.92 Å². The molecule has 0 aliphatic heterocycles. The molecule has 1 rings (SSSR count). The van der Waals surface area contributed by atoms with Crippen molar-refractivity contribution in [1.82, 2.24) is 0 Å². The van der Waals surface area contributed by atoms with Crippen molar-refractivity contribution < 1.29 is 4.92 Å². The predicted molar refractivity (Wildman–Crippen MR) is 71.9 cm³/mol. The second kappa shape index (κ2) is 6.46. The lowest BCUT2D eigenvalue weighted by Crippen LogP contribution is -2.09. The maximum absolute atomic E-state index is 10.7. The minimum atomic E-state index is -0.444. The van der Waals surface area contributed by atoms with Crippen LogP contribution in [0.5, 0.6) is 0 Å². The molecule has 0 amide bonds. The third kappa shape index (κ3) is 4.24. The first kappa shape index (κ1) is 13.8. The monoisotopic (exact) mass is 255 g/mol. The number of nitro groups is 1. The number of nitrogen functional groups attached to an aromatic ring is 1. The molecule has 0 heterocycles. The number of nitro benzene ring substituents is 1. The van der Waals surface area contributed by atoms with Gasteiger partial charge in [-0.25, -0.2) is 0 Å². The Morgan fingerprint density at radius 3 is 2.76 bits per heavy atom. The minimum Gasteiger partial charge on any atom is -0.318 e. The van der Waals surface area contributed by atoms with E-state index in [1.54, 1.807) is 12.1 Å². The summed E-state index contributed by atoms with van der Waals surface area (Å²) in [5.74, 6) is 7.83. The second-order valence-corrected chi connectivity index (χ2v) is 5.19. The van der Waals surface area contributed by atoms with Gasteiger partial charge in [0.15, 0.2) is 0 Å². The van der Waals surface area contributed by atoms with E-state index in [0.29, 0.717) is 11.6 Å². The molecule has 0 saturated heterocycles. The molecule has 0 bridgehead atoms. The van der Waals surface area contributed by atoms with Gasteiger partial charge in [0.25, 0.3) is 5.69 Å². The van der Waals surface area contributed by atoms with Gasteiger partial charge in [0.2, 0.25) is 0 Å². The topological polar surface area (TPSA) is 81.2 Å². The summed E-state index contributed by atoms with van der Waals surface area (Å²) in [4.78, 5) is 10.3. The number of hydrazine groups is 1. The van der Waals surface area contributed by atoms with Crippen LogP contribution in [0.3, 0.4) is 0 Å². The molecule has 0 saturated carbocycles. The quantitative estimate of drug-likeness (QED) is 0.464. The SMILES string of the molecule is CC(C)CSCc1ccc([N+](=O)[O-])c(NN)c1. The normalized spacial score (nSPS) is 10.6. The van der Waals surface area contributed by atoms with Crippen LogP contribution in [0.1, 0.15) is 19.4 Å². The molecule has 5 nitrogen and oxygen atoms in total. The fraction of sp³-hybridized carbons (Fsp3) is 0.455. The molecule has 17 heavy (non-hydrogen) atoms. The van der Waals surface area contributed by atoms with Gasteiger partial charge in [0, 0.05) is 11.8 Å². The average Bonchev–Trinajstić information content (AvgIpc) is 2.28. The molecule has 0 aliphatic carbocycles. The number of anilines is 1. The van der Waals surface area contributed by atoms with Gasteiger partial charge in [-0.15, -0.1) is 0 Å². The largest absolute Gasteiger partial charge is 0.318 e. The van der Waals surface area contributed by atoms with Crippen LogP contribution in [-0.4, -0.2) is 10.7 Å². The highest BCUT2D eigenvalue weighted by Crippen LogP contribution is 2.26. The summed E-state index contributed by atoms with van der Waals surface area (Å²) in [6.45, 7) is 4.32. The Bertz CT molecular complexity index is 396. The number of thioether (sulfide) groups is 1. The Kier molecular flexibility index (Phi) is 5.24. The molecule has 1 aromatic rings. The third-order valence-electron chi connectivity index (χ3n) is 2.13. The highest BCUT2D eigenvalue weighted by molar-refractivity contribution is 7.98. The van der Waals surface area contributed by atoms with Gasteiger partial charge in [-0.2, -0.15) is 11.8 Å². The maximum atomic E-state index is 10.7. The third-order valence-corrected chi connectivity index (χ3v) is 3.57. The molecule has 0 aliphatic rings.